The molecule has 0 saturated carbocycles. The lowest BCUT2D eigenvalue weighted by molar-refractivity contribution is 0.672. The van der Waals surface area contributed by atoms with Gasteiger partial charge in [0.1, 0.15) is 11.2 Å². The fourth-order valence-electron chi connectivity index (χ4n) is 3.30. The predicted octanol–water partition coefficient (Wildman–Crippen LogP) is 6.65. The Morgan fingerprint density at radius 2 is 1.36 bits per heavy atom. The average Bonchev–Trinajstić information content (AvgIpc) is 2.93. The van der Waals surface area contributed by atoms with Gasteiger partial charge in [0.15, 0.2) is 0 Å². The monoisotopic (exact) mass is 346 g/mol. The van der Waals surface area contributed by atoms with Crippen LogP contribution in [0.3, 0.4) is 0 Å². The van der Waals surface area contributed by atoms with Gasteiger partial charge >= 0.3 is 0 Å². The summed E-state index contributed by atoms with van der Waals surface area (Å²) >= 11 is 3.54. The van der Waals surface area contributed by atoms with Crippen LogP contribution in [0.25, 0.3) is 43.5 Å². The molecular weight excluding hydrogens is 336 g/mol. The van der Waals surface area contributed by atoms with Crippen molar-refractivity contribution < 1.29 is 4.42 Å². The van der Waals surface area contributed by atoms with E-state index in [0.29, 0.717) is 0 Å². The lowest BCUT2D eigenvalue weighted by atomic mass is 10.00. The number of hydrogen-bond acceptors (Lipinski definition) is 1. The number of hydrogen-bond donors (Lipinski definition) is 0. The van der Waals surface area contributed by atoms with Crippen molar-refractivity contribution in [2.24, 2.45) is 0 Å². The van der Waals surface area contributed by atoms with Gasteiger partial charge in [-0.3, -0.25) is 0 Å². The molecule has 0 amide bonds. The van der Waals surface area contributed by atoms with Gasteiger partial charge in [-0.05, 0) is 46.5 Å². The number of fused-ring (bicyclic) bond motifs is 7. The Morgan fingerprint density at radius 3 is 2.32 bits per heavy atom. The summed E-state index contributed by atoms with van der Waals surface area (Å²) in [5.74, 6) is 0. The van der Waals surface area contributed by atoms with Crippen molar-refractivity contribution in [3.8, 4) is 0 Å². The van der Waals surface area contributed by atoms with E-state index in [1.807, 2.05) is 12.1 Å². The molecule has 104 valence electrons. The number of furan rings is 1. The van der Waals surface area contributed by atoms with E-state index in [9.17, 15) is 0 Å². The van der Waals surface area contributed by atoms with Gasteiger partial charge in [-0.25, -0.2) is 0 Å². The summed E-state index contributed by atoms with van der Waals surface area (Å²) in [6.07, 6.45) is 0. The predicted molar refractivity (Wildman–Crippen MR) is 96.4 cm³/mol. The Hall–Kier alpha value is -2.32. The van der Waals surface area contributed by atoms with Crippen LogP contribution in [0.5, 0.6) is 0 Å². The molecule has 5 rings (SSSR count). The van der Waals surface area contributed by atoms with Crippen molar-refractivity contribution in [1.29, 1.82) is 0 Å². The zero-order valence-corrected chi connectivity index (χ0v) is 13.2. The van der Waals surface area contributed by atoms with Gasteiger partial charge in [-0.2, -0.15) is 0 Å². The van der Waals surface area contributed by atoms with Gasteiger partial charge in [0.2, 0.25) is 0 Å². The molecule has 0 aliphatic carbocycles. The SMILES string of the molecule is Brc1ccc2c(ccc3c2ccc2c4ccccc4oc23)c1. The maximum atomic E-state index is 6.13. The van der Waals surface area contributed by atoms with Crippen molar-refractivity contribution in [3.63, 3.8) is 0 Å². The van der Waals surface area contributed by atoms with Crippen LogP contribution in [0.4, 0.5) is 0 Å². The molecule has 0 aliphatic heterocycles. The van der Waals surface area contributed by atoms with Gasteiger partial charge in [-0.15, -0.1) is 0 Å². The Morgan fingerprint density at radius 1 is 0.636 bits per heavy atom. The fourth-order valence-corrected chi connectivity index (χ4v) is 3.68. The molecule has 5 aromatic rings. The first-order valence-electron chi connectivity index (χ1n) is 7.23. The average molecular weight is 347 g/mol. The van der Waals surface area contributed by atoms with Gasteiger partial charge in [-0.1, -0.05) is 52.3 Å². The molecule has 1 aromatic heterocycles. The molecule has 22 heavy (non-hydrogen) atoms. The molecule has 1 nitrogen and oxygen atoms in total. The molecule has 2 heteroatoms. The van der Waals surface area contributed by atoms with E-state index in [4.69, 9.17) is 4.42 Å². The summed E-state index contributed by atoms with van der Waals surface area (Å²) in [6.45, 7) is 0. The second kappa shape index (κ2) is 4.34. The van der Waals surface area contributed by atoms with E-state index in [1.54, 1.807) is 0 Å². The van der Waals surface area contributed by atoms with E-state index in [-0.39, 0.29) is 0 Å². The molecule has 0 bridgehead atoms. The zero-order valence-electron chi connectivity index (χ0n) is 11.6. The maximum Gasteiger partial charge on any atom is 0.143 e. The van der Waals surface area contributed by atoms with Gasteiger partial charge in [0.05, 0.1) is 0 Å². The van der Waals surface area contributed by atoms with Crippen LogP contribution in [-0.2, 0) is 0 Å². The molecule has 0 spiro atoms. The third-order valence-corrected chi connectivity index (χ3v) is 4.81. The van der Waals surface area contributed by atoms with Crippen LogP contribution in [0.1, 0.15) is 0 Å². The Kier molecular flexibility index (Phi) is 2.42. The molecule has 0 unspecified atom stereocenters. The summed E-state index contributed by atoms with van der Waals surface area (Å²) in [6, 6.07) is 23.3. The Labute approximate surface area is 135 Å². The summed E-state index contributed by atoms with van der Waals surface area (Å²) in [7, 11) is 0. The molecule has 0 N–H and O–H groups in total. The second-order valence-electron chi connectivity index (χ2n) is 5.57. The minimum Gasteiger partial charge on any atom is -0.455 e. The van der Waals surface area contributed by atoms with Crippen LogP contribution in [0.2, 0.25) is 0 Å². The largest absolute Gasteiger partial charge is 0.455 e. The van der Waals surface area contributed by atoms with Crippen molar-refractivity contribution >= 4 is 59.4 Å². The van der Waals surface area contributed by atoms with E-state index < -0.39 is 0 Å². The second-order valence-corrected chi connectivity index (χ2v) is 6.48. The molecule has 1 heterocycles. The van der Waals surface area contributed by atoms with Crippen molar-refractivity contribution in [3.05, 3.63) is 71.2 Å². The van der Waals surface area contributed by atoms with Crippen molar-refractivity contribution in [2.75, 3.05) is 0 Å². The molecule has 0 fully saturated rings. The van der Waals surface area contributed by atoms with Crippen LogP contribution in [0, 0.1) is 0 Å². The van der Waals surface area contributed by atoms with Crippen LogP contribution >= 0.6 is 15.9 Å². The lowest BCUT2D eigenvalue weighted by Gasteiger charge is -2.05. The van der Waals surface area contributed by atoms with Gasteiger partial charge < -0.3 is 4.42 Å². The minimum atomic E-state index is 0.945. The highest BCUT2D eigenvalue weighted by Crippen LogP contribution is 2.36. The third kappa shape index (κ3) is 1.59. The highest BCUT2D eigenvalue weighted by Gasteiger charge is 2.11. The first kappa shape index (κ1) is 12.2. The fraction of sp³-hybridized carbons (Fsp3) is 0. The summed E-state index contributed by atoms with van der Waals surface area (Å²) in [4.78, 5) is 0. The van der Waals surface area contributed by atoms with E-state index in [1.165, 1.54) is 32.3 Å². The number of para-hydroxylation sites is 1. The smallest absolute Gasteiger partial charge is 0.143 e. The van der Waals surface area contributed by atoms with E-state index >= 15 is 0 Å². The normalized spacial score (nSPS) is 11.9. The van der Waals surface area contributed by atoms with Crippen LogP contribution < -0.4 is 0 Å². The Balaban J connectivity index is 2.02. The number of benzene rings is 4. The topological polar surface area (TPSA) is 13.1 Å². The molecule has 0 radical (unpaired) electrons. The number of halogens is 1. The molecule has 0 aliphatic rings. The standard InChI is InChI=1S/C20H11BrO/c21-13-6-8-14-12(11-13)5-7-17-15(14)9-10-18-16-3-1-2-4-19(16)22-20(17)18/h1-11H. The first-order chi connectivity index (χ1) is 10.8. The minimum absolute atomic E-state index is 0.945. The van der Waals surface area contributed by atoms with Gasteiger partial charge in [0, 0.05) is 20.6 Å². The van der Waals surface area contributed by atoms with Crippen LogP contribution in [-0.4, -0.2) is 0 Å². The summed E-state index contributed by atoms with van der Waals surface area (Å²) in [5.41, 5.74) is 1.92. The molecule has 0 saturated heterocycles. The summed E-state index contributed by atoms with van der Waals surface area (Å²) < 4.78 is 7.23. The zero-order chi connectivity index (χ0) is 14.7. The highest BCUT2D eigenvalue weighted by atomic mass is 79.9. The number of rotatable bonds is 0. The van der Waals surface area contributed by atoms with Gasteiger partial charge in [0.25, 0.3) is 0 Å². The van der Waals surface area contributed by atoms with E-state index in [0.717, 1.165) is 15.6 Å². The third-order valence-electron chi connectivity index (χ3n) is 4.32. The Bertz CT molecular complexity index is 1180. The van der Waals surface area contributed by atoms with Crippen molar-refractivity contribution in [1.82, 2.24) is 0 Å². The lowest BCUT2D eigenvalue weighted by Crippen LogP contribution is -1.79. The van der Waals surface area contributed by atoms with Crippen LogP contribution in [0.15, 0.2) is 75.6 Å². The quantitative estimate of drug-likeness (QED) is 0.286. The summed E-state index contributed by atoms with van der Waals surface area (Å²) in [5, 5.41) is 7.25. The van der Waals surface area contributed by atoms with E-state index in [2.05, 4.69) is 70.5 Å². The molecule has 0 atom stereocenters. The maximum absolute atomic E-state index is 6.13. The first-order valence-corrected chi connectivity index (χ1v) is 8.03. The van der Waals surface area contributed by atoms with Crippen molar-refractivity contribution in [2.45, 2.75) is 0 Å². The highest BCUT2D eigenvalue weighted by molar-refractivity contribution is 9.10. The molecule has 4 aromatic carbocycles. The molecular formula is C20H11BrO.